The molecule has 0 aliphatic carbocycles. The van der Waals surface area contributed by atoms with Crippen LogP contribution in [0.2, 0.25) is 0 Å². The number of pyridine rings is 1. The molecule has 202 valence electrons. The summed E-state index contributed by atoms with van der Waals surface area (Å²) in [6, 6.07) is 2.54. The summed E-state index contributed by atoms with van der Waals surface area (Å²) >= 11 is 3.72. The number of methoxy groups -OCH3 is 1. The van der Waals surface area contributed by atoms with Gasteiger partial charge in [0.25, 0.3) is 11.8 Å². The molecule has 0 saturated carbocycles. The standard InChI is InChI=1S/C23H20N6O7S3/c1-35-22(34)14-5-10-6-28(4-3-13(10)39-14)7-11-8-37-20-16(19(31)29(20)17(11)21(32)33)26-18(30)15(27-36-2)12-9-38-23(24)25-12/h3-6,9,16,20H,7-8H2,1-2H3,(H3-,24,25,26,30,32,33)/t16?,20-/m0/s1. The Morgan fingerprint density at radius 3 is 2.82 bits per heavy atom. The van der Waals surface area contributed by atoms with E-state index in [-0.39, 0.29) is 34.5 Å². The van der Waals surface area contributed by atoms with Crippen LogP contribution in [-0.2, 0) is 30.5 Å². The van der Waals surface area contributed by atoms with Crippen LogP contribution in [0.5, 0.6) is 0 Å². The molecule has 13 nitrogen and oxygen atoms in total. The molecule has 1 unspecified atom stereocenters. The average molecular weight is 589 g/mol. The third kappa shape index (κ3) is 4.93. The van der Waals surface area contributed by atoms with Crippen molar-refractivity contribution in [3.63, 3.8) is 0 Å². The molecule has 3 N–H and O–H groups in total. The molecule has 2 atom stereocenters. The van der Waals surface area contributed by atoms with E-state index in [0.717, 1.165) is 26.3 Å². The summed E-state index contributed by atoms with van der Waals surface area (Å²) in [5.41, 5.74) is 5.93. The quantitative estimate of drug-likeness (QED) is 0.114. The van der Waals surface area contributed by atoms with Crippen LogP contribution in [0.15, 0.2) is 46.3 Å². The van der Waals surface area contributed by atoms with Gasteiger partial charge in [0.1, 0.15) is 29.1 Å². The van der Waals surface area contributed by atoms with E-state index in [9.17, 15) is 24.3 Å². The lowest BCUT2D eigenvalue weighted by Gasteiger charge is -2.50. The number of β-lactam (4-membered cyclic amide) rings is 1. The largest absolute Gasteiger partial charge is 0.543 e. The first-order valence-corrected chi connectivity index (χ1v) is 14.0. The second kappa shape index (κ2) is 10.6. The SMILES string of the molecule is CON=C(C(=O)NC1C(=O)N2C(C(=O)[O-])=C(C[n+]3ccc4sc(C(=O)OC)cc4c3)CS[C@@H]12)c1csc(N)n1. The van der Waals surface area contributed by atoms with Crippen LogP contribution in [0.3, 0.4) is 0 Å². The first-order chi connectivity index (χ1) is 18.7. The topological polar surface area (TPSA) is 180 Å². The number of carboxylic acids is 1. The van der Waals surface area contributed by atoms with Gasteiger partial charge >= 0.3 is 5.97 Å². The van der Waals surface area contributed by atoms with Crippen LogP contribution < -0.4 is 20.7 Å². The molecule has 2 aliphatic heterocycles. The number of carbonyl (C=O) groups is 4. The van der Waals surface area contributed by atoms with E-state index in [1.807, 2.05) is 6.07 Å². The summed E-state index contributed by atoms with van der Waals surface area (Å²) in [6.07, 6.45) is 3.55. The molecule has 3 aromatic heterocycles. The molecule has 1 saturated heterocycles. The second-order valence-corrected chi connectivity index (χ2v) is 11.4. The number of carboxylic acid groups (broad SMARTS) is 1. The Morgan fingerprint density at radius 2 is 2.15 bits per heavy atom. The fourth-order valence-electron chi connectivity index (χ4n) is 4.25. The number of nitrogen functional groups attached to an aromatic ring is 1. The van der Waals surface area contributed by atoms with Crippen LogP contribution in [-0.4, -0.2) is 70.7 Å². The molecule has 5 heterocycles. The van der Waals surface area contributed by atoms with Gasteiger partial charge in [-0.2, -0.15) is 0 Å². The summed E-state index contributed by atoms with van der Waals surface area (Å²) in [5.74, 6) is -2.94. The number of hydrogen-bond donors (Lipinski definition) is 2. The van der Waals surface area contributed by atoms with E-state index < -0.39 is 35.2 Å². The summed E-state index contributed by atoms with van der Waals surface area (Å²) in [4.78, 5) is 60.3. The number of nitrogens with one attached hydrogen (secondary N) is 1. The van der Waals surface area contributed by atoms with Crippen LogP contribution in [0.1, 0.15) is 15.4 Å². The van der Waals surface area contributed by atoms with Gasteiger partial charge < -0.3 is 30.5 Å². The number of oxime groups is 1. The highest BCUT2D eigenvalue weighted by atomic mass is 32.2. The summed E-state index contributed by atoms with van der Waals surface area (Å²) in [5, 5.41) is 20.4. The van der Waals surface area contributed by atoms with Crippen LogP contribution in [0.25, 0.3) is 10.1 Å². The van der Waals surface area contributed by atoms with Crippen molar-refractivity contribution in [3.8, 4) is 0 Å². The number of thioether (sulfide) groups is 1. The van der Waals surface area contributed by atoms with Crippen molar-refractivity contribution in [1.82, 2.24) is 15.2 Å². The molecular formula is C23H20N6O7S3. The highest BCUT2D eigenvalue weighted by Gasteiger charge is 2.53. The molecule has 2 amide bonds. The predicted octanol–water partition coefficient (Wildman–Crippen LogP) is -0.531. The minimum absolute atomic E-state index is 0.163. The minimum atomic E-state index is -1.49. The zero-order valence-electron chi connectivity index (χ0n) is 20.4. The Kier molecular flexibility index (Phi) is 7.24. The molecule has 0 radical (unpaired) electrons. The number of esters is 1. The maximum Gasteiger partial charge on any atom is 0.348 e. The summed E-state index contributed by atoms with van der Waals surface area (Å²) in [6.45, 7) is 0.180. The normalized spacial score (nSPS) is 19.0. The Hall–Kier alpha value is -4.02. The maximum atomic E-state index is 13.1. The van der Waals surface area contributed by atoms with Crippen molar-refractivity contribution in [2.75, 3.05) is 25.7 Å². The molecule has 1 fully saturated rings. The number of thiazole rings is 1. The minimum Gasteiger partial charge on any atom is -0.543 e. The Morgan fingerprint density at radius 1 is 1.36 bits per heavy atom. The number of aromatic nitrogens is 2. The molecule has 0 aromatic carbocycles. The number of hydrogen-bond acceptors (Lipinski definition) is 13. The van der Waals surface area contributed by atoms with E-state index in [1.165, 1.54) is 42.7 Å². The van der Waals surface area contributed by atoms with Crippen molar-refractivity contribution >= 4 is 79.1 Å². The summed E-state index contributed by atoms with van der Waals surface area (Å²) in [7, 11) is 2.58. The van der Waals surface area contributed by atoms with Crippen molar-refractivity contribution in [2.45, 2.75) is 18.0 Å². The summed E-state index contributed by atoms with van der Waals surface area (Å²) < 4.78 is 7.41. The van der Waals surface area contributed by atoms with E-state index in [2.05, 4.69) is 15.5 Å². The number of aliphatic carboxylic acids is 1. The molecule has 39 heavy (non-hydrogen) atoms. The number of anilines is 1. The zero-order valence-corrected chi connectivity index (χ0v) is 22.9. The van der Waals surface area contributed by atoms with Crippen molar-refractivity contribution in [2.24, 2.45) is 5.16 Å². The van der Waals surface area contributed by atoms with Crippen LogP contribution in [0.4, 0.5) is 5.13 Å². The monoisotopic (exact) mass is 588 g/mol. The maximum absolute atomic E-state index is 13.1. The Labute approximate surface area is 232 Å². The molecule has 16 heteroatoms. The molecule has 0 bridgehead atoms. The molecular weight excluding hydrogens is 568 g/mol. The van der Waals surface area contributed by atoms with E-state index >= 15 is 0 Å². The number of fused-ring (bicyclic) bond motifs is 2. The van der Waals surface area contributed by atoms with Gasteiger partial charge in [-0.05, 0) is 6.07 Å². The fourth-order valence-corrected chi connectivity index (χ4v) is 7.08. The fraction of sp³-hybridized carbons (Fsp3) is 0.261. The van der Waals surface area contributed by atoms with Gasteiger partial charge in [0, 0.05) is 27.5 Å². The molecule has 2 aliphatic rings. The average Bonchev–Trinajstić information content (AvgIpc) is 3.55. The number of ether oxygens (including phenoxy) is 1. The first-order valence-electron chi connectivity index (χ1n) is 11.2. The first kappa shape index (κ1) is 26.6. The van der Waals surface area contributed by atoms with Gasteiger partial charge in [-0.15, -0.1) is 34.4 Å². The zero-order chi connectivity index (χ0) is 27.8. The van der Waals surface area contributed by atoms with Gasteiger partial charge in [0.15, 0.2) is 29.8 Å². The number of thiophene rings is 1. The number of nitrogens with two attached hydrogens (primary N) is 1. The lowest BCUT2D eigenvalue weighted by atomic mass is 10.0. The predicted molar refractivity (Wildman–Crippen MR) is 140 cm³/mol. The van der Waals surface area contributed by atoms with Gasteiger partial charge in [-0.25, -0.2) is 14.3 Å². The van der Waals surface area contributed by atoms with Crippen LogP contribution in [0, 0.1) is 0 Å². The Bertz CT molecular complexity index is 1580. The number of rotatable bonds is 8. The third-order valence-corrected chi connectivity index (χ3v) is 9.07. The smallest absolute Gasteiger partial charge is 0.348 e. The van der Waals surface area contributed by atoms with Gasteiger partial charge in [0.05, 0.1) is 24.2 Å². The van der Waals surface area contributed by atoms with Crippen LogP contribution >= 0.6 is 34.4 Å². The van der Waals surface area contributed by atoms with Crippen molar-refractivity contribution in [3.05, 3.63) is 51.7 Å². The van der Waals surface area contributed by atoms with Crippen molar-refractivity contribution < 1.29 is 38.4 Å². The highest BCUT2D eigenvalue weighted by Crippen LogP contribution is 2.40. The van der Waals surface area contributed by atoms with E-state index in [4.69, 9.17) is 15.3 Å². The van der Waals surface area contributed by atoms with E-state index in [1.54, 1.807) is 23.0 Å². The Balaban J connectivity index is 1.35. The van der Waals surface area contributed by atoms with Crippen molar-refractivity contribution in [1.29, 1.82) is 0 Å². The molecule has 5 rings (SSSR count). The number of amides is 2. The lowest BCUT2D eigenvalue weighted by molar-refractivity contribution is -0.687. The van der Waals surface area contributed by atoms with Gasteiger partial charge in [-0.3, -0.25) is 14.5 Å². The molecule has 0 spiro atoms. The number of nitrogens with zero attached hydrogens (tertiary/aromatic N) is 4. The number of carbonyl (C=O) groups excluding carboxylic acids is 4. The van der Waals surface area contributed by atoms with Gasteiger partial charge in [0.2, 0.25) is 0 Å². The van der Waals surface area contributed by atoms with Gasteiger partial charge in [-0.1, -0.05) is 5.16 Å². The highest BCUT2D eigenvalue weighted by molar-refractivity contribution is 8.00. The van der Waals surface area contributed by atoms with E-state index in [0.29, 0.717) is 10.5 Å². The second-order valence-electron chi connectivity index (χ2n) is 8.33. The molecule has 3 aromatic rings. The lowest BCUT2D eigenvalue weighted by Crippen LogP contribution is -2.71. The third-order valence-electron chi connectivity index (χ3n) is 5.96.